The van der Waals surface area contributed by atoms with Gasteiger partial charge in [-0.15, -0.1) is 0 Å². The second-order valence-corrected chi connectivity index (χ2v) is 8.31. The molecule has 6 nitrogen and oxygen atoms in total. The van der Waals surface area contributed by atoms with E-state index in [0.29, 0.717) is 35.5 Å². The third-order valence-electron chi connectivity index (χ3n) is 6.36. The molecule has 0 saturated heterocycles. The zero-order valence-electron chi connectivity index (χ0n) is 17.3. The minimum absolute atomic E-state index is 0.0663. The van der Waals surface area contributed by atoms with E-state index < -0.39 is 0 Å². The number of aryl methyl sites for hydroxylation is 3. The number of carbonyl (C=O) groups excluding carboxylic acids is 2. The highest BCUT2D eigenvalue weighted by molar-refractivity contribution is 6.07. The minimum atomic E-state index is -0.330. The molecular formula is C24H25N3O3. The first kappa shape index (κ1) is 18.9. The number of ketones is 1. The van der Waals surface area contributed by atoms with Crippen LogP contribution in [0.3, 0.4) is 0 Å². The van der Waals surface area contributed by atoms with Crippen molar-refractivity contribution >= 4 is 17.5 Å². The topological polar surface area (TPSA) is 77.1 Å². The number of nitrogens with zero attached hydrogens (tertiary/aromatic N) is 2. The van der Waals surface area contributed by atoms with Crippen molar-refractivity contribution in [2.24, 2.45) is 0 Å². The van der Waals surface area contributed by atoms with Crippen molar-refractivity contribution in [3.05, 3.63) is 69.8 Å². The van der Waals surface area contributed by atoms with Crippen LogP contribution in [0.4, 0.5) is 5.82 Å². The summed E-state index contributed by atoms with van der Waals surface area (Å²) in [6.07, 6.45) is 6.90. The van der Waals surface area contributed by atoms with Crippen LogP contribution in [-0.2, 0) is 12.8 Å². The fraction of sp³-hybridized carbons (Fsp3) is 0.375. The van der Waals surface area contributed by atoms with Crippen LogP contribution in [-0.4, -0.2) is 21.5 Å². The molecule has 2 aliphatic rings. The number of nitrogens with one attached hydrogen (secondary N) is 1. The number of aromatic nitrogens is 2. The molecule has 154 valence electrons. The highest BCUT2D eigenvalue weighted by Gasteiger charge is 2.30. The normalized spacial score (nSPS) is 18.1. The highest BCUT2D eigenvalue weighted by atomic mass is 16.4. The molecule has 6 heteroatoms. The quantitative estimate of drug-likeness (QED) is 0.682. The van der Waals surface area contributed by atoms with E-state index in [0.717, 1.165) is 31.2 Å². The minimum Gasteiger partial charge on any atom is -0.455 e. The molecule has 1 atom stereocenters. The maximum absolute atomic E-state index is 13.1. The van der Waals surface area contributed by atoms with Crippen LogP contribution in [0.5, 0.6) is 0 Å². The van der Waals surface area contributed by atoms with E-state index in [9.17, 15) is 9.59 Å². The van der Waals surface area contributed by atoms with E-state index in [4.69, 9.17) is 4.42 Å². The zero-order chi connectivity index (χ0) is 20.8. The zero-order valence-corrected chi connectivity index (χ0v) is 17.3. The van der Waals surface area contributed by atoms with Gasteiger partial charge in [0.2, 0.25) is 0 Å². The van der Waals surface area contributed by atoms with Crippen molar-refractivity contribution in [3.8, 4) is 0 Å². The van der Waals surface area contributed by atoms with Gasteiger partial charge in [-0.3, -0.25) is 9.59 Å². The Morgan fingerprint density at radius 3 is 2.83 bits per heavy atom. The van der Waals surface area contributed by atoms with Crippen molar-refractivity contribution < 1.29 is 14.0 Å². The van der Waals surface area contributed by atoms with Gasteiger partial charge in [-0.05, 0) is 50.7 Å². The third kappa shape index (κ3) is 2.98. The Morgan fingerprint density at radius 2 is 2.00 bits per heavy atom. The number of hydrogen-bond acceptors (Lipinski definition) is 4. The monoisotopic (exact) mass is 403 g/mol. The molecule has 0 spiro atoms. The van der Waals surface area contributed by atoms with Crippen LogP contribution in [0.2, 0.25) is 0 Å². The Bertz CT molecular complexity index is 1150. The van der Waals surface area contributed by atoms with Gasteiger partial charge in [0.15, 0.2) is 11.5 Å². The van der Waals surface area contributed by atoms with Crippen LogP contribution >= 0.6 is 0 Å². The molecule has 30 heavy (non-hydrogen) atoms. The Hall–Kier alpha value is -3.15. The summed E-state index contributed by atoms with van der Waals surface area (Å²) in [6.45, 7) is 3.74. The number of carbonyl (C=O) groups is 2. The number of fused-ring (bicyclic) bond motifs is 2. The molecule has 5 rings (SSSR count). The lowest BCUT2D eigenvalue weighted by molar-refractivity contribution is 0.0963. The molecule has 0 radical (unpaired) electrons. The van der Waals surface area contributed by atoms with Gasteiger partial charge in [0.05, 0.1) is 17.8 Å². The summed E-state index contributed by atoms with van der Waals surface area (Å²) in [7, 11) is 0. The SMILES string of the molecule is Cc1cnn(C2CCCc3ccccc32)c1NC(=O)c1oc2c(c1C)C(=O)CCC2. The predicted octanol–water partition coefficient (Wildman–Crippen LogP) is 4.79. The summed E-state index contributed by atoms with van der Waals surface area (Å²) in [5.41, 5.74) is 4.73. The van der Waals surface area contributed by atoms with Gasteiger partial charge in [-0.2, -0.15) is 5.10 Å². The van der Waals surface area contributed by atoms with E-state index >= 15 is 0 Å². The number of benzene rings is 1. The summed E-state index contributed by atoms with van der Waals surface area (Å²) < 4.78 is 7.76. The fourth-order valence-corrected chi connectivity index (χ4v) is 4.85. The first-order valence-electron chi connectivity index (χ1n) is 10.6. The van der Waals surface area contributed by atoms with Gasteiger partial charge >= 0.3 is 0 Å². The van der Waals surface area contributed by atoms with Crippen molar-refractivity contribution in [2.45, 2.75) is 58.4 Å². The molecule has 0 aliphatic heterocycles. The summed E-state index contributed by atoms with van der Waals surface area (Å²) in [5.74, 6) is 1.29. The summed E-state index contributed by atoms with van der Waals surface area (Å²) in [5, 5.41) is 7.63. The summed E-state index contributed by atoms with van der Waals surface area (Å²) in [4.78, 5) is 25.4. The molecule has 2 aromatic heterocycles. The third-order valence-corrected chi connectivity index (χ3v) is 6.36. The molecular weight excluding hydrogens is 378 g/mol. The molecule has 2 aliphatic carbocycles. The van der Waals surface area contributed by atoms with Crippen LogP contribution in [0.1, 0.15) is 80.7 Å². The predicted molar refractivity (Wildman–Crippen MR) is 113 cm³/mol. The average molecular weight is 403 g/mol. The number of furan rings is 1. The number of amides is 1. The number of anilines is 1. The molecule has 1 amide bonds. The van der Waals surface area contributed by atoms with Crippen LogP contribution in [0.15, 0.2) is 34.9 Å². The Kier molecular flexibility index (Phi) is 4.57. The van der Waals surface area contributed by atoms with E-state index in [-0.39, 0.29) is 23.5 Å². The van der Waals surface area contributed by atoms with E-state index in [1.807, 2.05) is 11.6 Å². The maximum atomic E-state index is 13.1. The van der Waals surface area contributed by atoms with E-state index in [1.54, 1.807) is 13.1 Å². The Labute approximate surface area is 175 Å². The maximum Gasteiger partial charge on any atom is 0.292 e. The molecule has 1 aromatic carbocycles. The average Bonchev–Trinajstić information content (AvgIpc) is 3.28. The van der Waals surface area contributed by atoms with Gasteiger partial charge in [0, 0.05) is 24.0 Å². The van der Waals surface area contributed by atoms with Crippen molar-refractivity contribution in [3.63, 3.8) is 0 Å². The van der Waals surface area contributed by atoms with Crippen molar-refractivity contribution in [1.29, 1.82) is 0 Å². The smallest absolute Gasteiger partial charge is 0.292 e. The van der Waals surface area contributed by atoms with Crippen LogP contribution in [0.25, 0.3) is 0 Å². The van der Waals surface area contributed by atoms with Gasteiger partial charge in [-0.25, -0.2) is 4.68 Å². The molecule has 3 aromatic rings. The van der Waals surface area contributed by atoms with Gasteiger partial charge in [0.1, 0.15) is 11.6 Å². The largest absolute Gasteiger partial charge is 0.455 e. The lowest BCUT2D eigenvalue weighted by Gasteiger charge is -2.27. The number of hydrogen-bond donors (Lipinski definition) is 1. The molecule has 1 N–H and O–H groups in total. The van der Waals surface area contributed by atoms with E-state index in [2.05, 4.69) is 34.7 Å². The summed E-state index contributed by atoms with van der Waals surface area (Å²) in [6, 6.07) is 8.54. The lowest BCUT2D eigenvalue weighted by Crippen LogP contribution is -2.23. The Morgan fingerprint density at radius 1 is 1.17 bits per heavy atom. The van der Waals surface area contributed by atoms with Gasteiger partial charge in [0.25, 0.3) is 5.91 Å². The standard InChI is InChI=1S/C24H25N3O3/c1-14-13-25-27(18-10-5-8-16-7-3-4-9-17(16)18)23(14)26-24(29)22-15(2)21-19(28)11-6-12-20(21)30-22/h3-4,7,9,13,18H,5-6,8,10-12H2,1-2H3,(H,26,29). The molecule has 0 bridgehead atoms. The summed E-state index contributed by atoms with van der Waals surface area (Å²) >= 11 is 0. The van der Waals surface area contributed by atoms with Gasteiger partial charge in [-0.1, -0.05) is 24.3 Å². The van der Waals surface area contributed by atoms with E-state index in [1.165, 1.54) is 11.1 Å². The second-order valence-electron chi connectivity index (χ2n) is 8.31. The second kappa shape index (κ2) is 7.27. The van der Waals surface area contributed by atoms with Gasteiger partial charge < -0.3 is 9.73 Å². The molecule has 0 fully saturated rings. The molecule has 2 heterocycles. The van der Waals surface area contributed by atoms with Crippen molar-refractivity contribution in [1.82, 2.24) is 9.78 Å². The highest BCUT2D eigenvalue weighted by Crippen LogP contribution is 2.36. The molecule has 0 saturated carbocycles. The first-order valence-corrected chi connectivity index (χ1v) is 10.6. The van der Waals surface area contributed by atoms with Crippen molar-refractivity contribution in [2.75, 3.05) is 5.32 Å². The van der Waals surface area contributed by atoms with Crippen LogP contribution in [0, 0.1) is 13.8 Å². The fourth-order valence-electron chi connectivity index (χ4n) is 4.85. The first-order chi connectivity index (χ1) is 14.5. The lowest BCUT2D eigenvalue weighted by atomic mass is 9.88. The Balaban J connectivity index is 1.49. The number of rotatable bonds is 3. The van der Waals surface area contributed by atoms with Crippen LogP contribution < -0.4 is 5.32 Å². The molecule has 1 unspecified atom stereocenters. The number of Topliss-reactive ketones (excluding diaryl/α,β-unsaturated/α-hetero) is 1.